The largest absolute Gasteiger partial charge is 0.416 e. The van der Waals surface area contributed by atoms with Crippen LogP contribution in [0, 0.1) is 11.3 Å². The first kappa shape index (κ1) is 13.4. The van der Waals surface area contributed by atoms with E-state index < -0.39 is 11.7 Å². The van der Waals surface area contributed by atoms with Crippen molar-refractivity contribution in [3.05, 3.63) is 58.6 Å². The van der Waals surface area contributed by atoms with Crippen LogP contribution in [0.4, 0.5) is 13.2 Å². The molecule has 0 fully saturated rings. The van der Waals surface area contributed by atoms with Crippen molar-refractivity contribution in [1.29, 1.82) is 5.26 Å². The van der Waals surface area contributed by atoms with Crippen LogP contribution in [0.3, 0.4) is 0 Å². The average molecular weight is 282 g/mol. The minimum absolute atomic E-state index is 0.248. The number of hydrogen-bond donors (Lipinski definition) is 0. The predicted octanol–water partition coefficient (Wildman–Crippen LogP) is 4.90. The van der Waals surface area contributed by atoms with Crippen LogP contribution in [0.25, 0.3) is 11.1 Å². The molecule has 2 rings (SSSR count). The maximum absolute atomic E-state index is 12.6. The lowest BCUT2D eigenvalue weighted by Gasteiger charge is -2.10. The second-order valence-corrected chi connectivity index (χ2v) is 4.29. The van der Waals surface area contributed by atoms with Gasteiger partial charge in [-0.3, -0.25) is 0 Å². The fraction of sp³-hybridized carbons (Fsp3) is 0.0714. The Labute approximate surface area is 112 Å². The van der Waals surface area contributed by atoms with E-state index in [-0.39, 0.29) is 5.02 Å². The molecule has 0 radical (unpaired) electrons. The van der Waals surface area contributed by atoms with Gasteiger partial charge in [-0.15, -0.1) is 0 Å². The standard InChI is InChI=1S/C14H7ClF3N/c15-13-6-9(8-19)4-5-12(13)10-2-1-3-11(7-10)14(16,17)18/h1-7H. The number of nitriles is 1. The smallest absolute Gasteiger partial charge is 0.192 e. The Morgan fingerprint density at radius 2 is 1.79 bits per heavy atom. The molecular formula is C14H7ClF3N. The molecule has 19 heavy (non-hydrogen) atoms. The third kappa shape index (κ3) is 2.88. The van der Waals surface area contributed by atoms with Crippen LogP contribution in [0.1, 0.15) is 11.1 Å². The van der Waals surface area contributed by atoms with Gasteiger partial charge in [0.25, 0.3) is 0 Å². The Hall–Kier alpha value is -1.99. The van der Waals surface area contributed by atoms with Gasteiger partial charge in [-0.2, -0.15) is 18.4 Å². The molecule has 0 aliphatic heterocycles. The van der Waals surface area contributed by atoms with Gasteiger partial charge in [-0.05, 0) is 29.8 Å². The van der Waals surface area contributed by atoms with E-state index in [1.807, 2.05) is 6.07 Å². The van der Waals surface area contributed by atoms with Crippen LogP contribution in [-0.2, 0) is 6.18 Å². The van der Waals surface area contributed by atoms with E-state index in [0.717, 1.165) is 12.1 Å². The van der Waals surface area contributed by atoms with Crippen LogP contribution in [-0.4, -0.2) is 0 Å². The molecule has 0 amide bonds. The fourth-order valence-electron chi connectivity index (χ4n) is 1.68. The minimum atomic E-state index is -4.39. The summed E-state index contributed by atoms with van der Waals surface area (Å²) in [4.78, 5) is 0. The van der Waals surface area contributed by atoms with Gasteiger partial charge in [0.15, 0.2) is 0 Å². The number of halogens is 4. The summed E-state index contributed by atoms with van der Waals surface area (Å²) >= 11 is 5.98. The average Bonchev–Trinajstić information content (AvgIpc) is 2.37. The molecule has 5 heteroatoms. The van der Waals surface area contributed by atoms with Gasteiger partial charge >= 0.3 is 6.18 Å². The van der Waals surface area contributed by atoms with E-state index in [0.29, 0.717) is 16.7 Å². The maximum Gasteiger partial charge on any atom is 0.416 e. The van der Waals surface area contributed by atoms with Gasteiger partial charge < -0.3 is 0 Å². The van der Waals surface area contributed by atoms with Crippen molar-refractivity contribution < 1.29 is 13.2 Å². The summed E-state index contributed by atoms with van der Waals surface area (Å²) in [6.07, 6.45) is -4.39. The Bertz CT molecular complexity index is 656. The predicted molar refractivity (Wildman–Crippen MR) is 66.6 cm³/mol. The van der Waals surface area contributed by atoms with Crippen molar-refractivity contribution in [2.24, 2.45) is 0 Å². The molecule has 0 saturated heterocycles. The molecule has 0 aliphatic rings. The summed E-state index contributed by atoms with van der Waals surface area (Å²) in [5.74, 6) is 0. The van der Waals surface area contributed by atoms with E-state index in [1.54, 1.807) is 6.07 Å². The van der Waals surface area contributed by atoms with Crippen molar-refractivity contribution >= 4 is 11.6 Å². The minimum Gasteiger partial charge on any atom is -0.192 e. The lowest BCUT2D eigenvalue weighted by Crippen LogP contribution is -2.04. The third-order valence-corrected chi connectivity index (χ3v) is 2.91. The highest BCUT2D eigenvalue weighted by atomic mass is 35.5. The molecule has 0 saturated carbocycles. The van der Waals surface area contributed by atoms with Crippen molar-refractivity contribution in [2.45, 2.75) is 6.18 Å². The van der Waals surface area contributed by atoms with E-state index in [1.165, 1.54) is 24.3 Å². The summed E-state index contributed by atoms with van der Waals surface area (Å²) in [5.41, 5.74) is 0.460. The Balaban J connectivity index is 2.51. The number of benzene rings is 2. The van der Waals surface area contributed by atoms with Gasteiger partial charge in [-0.1, -0.05) is 29.8 Å². The molecule has 2 aromatic carbocycles. The lowest BCUT2D eigenvalue weighted by molar-refractivity contribution is -0.137. The maximum atomic E-state index is 12.6. The van der Waals surface area contributed by atoms with Crippen LogP contribution in [0.15, 0.2) is 42.5 Å². The van der Waals surface area contributed by atoms with Gasteiger partial charge in [0.1, 0.15) is 0 Å². The van der Waals surface area contributed by atoms with Crippen LogP contribution in [0.5, 0.6) is 0 Å². The van der Waals surface area contributed by atoms with E-state index >= 15 is 0 Å². The van der Waals surface area contributed by atoms with Crippen LogP contribution in [0.2, 0.25) is 5.02 Å². The molecule has 0 unspecified atom stereocenters. The van der Waals surface area contributed by atoms with E-state index in [9.17, 15) is 13.2 Å². The molecule has 96 valence electrons. The van der Waals surface area contributed by atoms with Gasteiger partial charge in [0, 0.05) is 10.6 Å². The number of hydrogen-bond acceptors (Lipinski definition) is 1. The summed E-state index contributed by atoms with van der Waals surface area (Å²) in [6.45, 7) is 0. The molecule has 0 N–H and O–H groups in total. The highest BCUT2D eigenvalue weighted by Crippen LogP contribution is 2.34. The summed E-state index contributed by atoms with van der Waals surface area (Å²) < 4.78 is 37.9. The molecule has 0 atom stereocenters. The SMILES string of the molecule is N#Cc1ccc(-c2cccc(C(F)(F)F)c2)c(Cl)c1. The fourth-order valence-corrected chi connectivity index (χ4v) is 1.97. The Morgan fingerprint density at radius 1 is 1.05 bits per heavy atom. The highest BCUT2D eigenvalue weighted by Gasteiger charge is 2.30. The lowest BCUT2D eigenvalue weighted by atomic mass is 10.0. The zero-order chi connectivity index (χ0) is 14.0. The van der Waals surface area contributed by atoms with Crippen molar-refractivity contribution in [2.75, 3.05) is 0 Å². The second-order valence-electron chi connectivity index (χ2n) is 3.88. The van der Waals surface area contributed by atoms with Crippen molar-refractivity contribution in [3.63, 3.8) is 0 Å². The van der Waals surface area contributed by atoms with Crippen LogP contribution < -0.4 is 0 Å². The zero-order valence-electron chi connectivity index (χ0n) is 9.50. The summed E-state index contributed by atoms with van der Waals surface area (Å²) in [6, 6.07) is 11.3. The first-order valence-electron chi connectivity index (χ1n) is 5.29. The molecule has 0 aliphatic carbocycles. The first-order chi connectivity index (χ1) is 8.91. The van der Waals surface area contributed by atoms with Gasteiger partial charge in [-0.25, -0.2) is 0 Å². The number of nitrogens with zero attached hydrogens (tertiary/aromatic N) is 1. The first-order valence-corrected chi connectivity index (χ1v) is 5.67. The number of rotatable bonds is 1. The van der Waals surface area contributed by atoms with Crippen molar-refractivity contribution in [3.8, 4) is 17.2 Å². The molecule has 0 aromatic heterocycles. The highest BCUT2D eigenvalue weighted by molar-refractivity contribution is 6.33. The summed E-state index contributed by atoms with van der Waals surface area (Å²) in [5, 5.41) is 8.97. The normalized spacial score (nSPS) is 11.1. The molecule has 1 nitrogen and oxygen atoms in total. The second kappa shape index (κ2) is 4.94. The Morgan fingerprint density at radius 3 is 2.37 bits per heavy atom. The monoisotopic (exact) mass is 281 g/mol. The van der Waals surface area contributed by atoms with E-state index in [4.69, 9.17) is 16.9 Å². The molecule has 0 heterocycles. The zero-order valence-corrected chi connectivity index (χ0v) is 10.3. The Kier molecular flexibility index (Phi) is 3.50. The topological polar surface area (TPSA) is 23.8 Å². The van der Waals surface area contributed by atoms with Gasteiger partial charge in [0.05, 0.1) is 17.2 Å². The molecule has 0 spiro atoms. The van der Waals surface area contributed by atoms with Gasteiger partial charge in [0.2, 0.25) is 0 Å². The van der Waals surface area contributed by atoms with Crippen LogP contribution >= 0.6 is 11.6 Å². The molecular weight excluding hydrogens is 275 g/mol. The number of alkyl halides is 3. The van der Waals surface area contributed by atoms with E-state index in [2.05, 4.69) is 0 Å². The molecule has 2 aromatic rings. The molecule has 0 bridgehead atoms. The quantitative estimate of drug-likeness (QED) is 0.729. The van der Waals surface area contributed by atoms with Crippen molar-refractivity contribution in [1.82, 2.24) is 0 Å². The summed E-state index contributed by atoms with van der Waals surface area (Å²) in [7, 11) is 0. The third-order valence-electron chi connectivity index (χ3n) is 2.60.